The lowest BCUT2D eigenvalue weighted by molar-refractivity contribution is 1.01. The molecule has 1 nitrogen and oxygen atoms in total. The maximum Gasteiger partial charge on any atom is 0.0481 e. The van der Waals surface area contributed by atoms with Gasteiger partial charge in [-0.15, -0.1) is 11.8 Å². The van der Waals surface area contributed by atoms with Crippen molar-refractivity contribution in [3.63, 3.8) is 0 Å². The Morgan fingerprint density at radius 1 is 1.29 bits per heavy atom. The maximum atomic E-state index is 5.46. The van der Waals surface area contributed by atoms with Crippen LogP contribution >= 0.6 is 11.8 Å². The zero-order chi connectivity index (χ0) is 5.86. The van der Waals surface area contributed by atoms with Gasteiger partial charge in [-0.1, -0.05) is 13.8 Å². The minimum Gasteiger partial charge on any atom is -0.320 e. The second kappa shape index (κ2) is 3.33. The van der Waals surface area contributed by atoms with Gasteiger partial charge in [0.25, 0.3) is 0 Å². The molecule has 0 rings (SSSR count). The molecule has 0 saturated carbocycles. The summed E-state index contributed by atoms with van der Waals surface area (Å²) in [5.74, 6) is 0. The number of rotatable bonds is 2. The van der Waals surface area contributed by atoms with Gasteiger partial charge >= 0.3 is 0 Å². The molecular weight excluding hydrogens is 106 g/mol. The van der Waals surface area contributed by atoms with Crippen molar-refractivity contribution < 1.29 is 0 Å². The lowest BCUT2D eigenvalue weighted by Crippen LogP contribution is -2.12. The maximum absolute atomic E-state index is 5.46. The molecular formula is C5H13NS. The van der Waals surface area contributed by atoms with Crippen molar-refractivity contribution in [3.05, 3.63) is 0 Å². The summed E-state index contributed by atoms with van der Waals surface area (Å²) in [6.45, 7) is 6.30. The van der Waals surface area contributed by atoms with Crippen LogP contribution in [0.4, 0.5) is 0 Å². The van der Waals surface area contributed by atoms with E-state index < -0.39 is 0 Å². The van der Waals surface area contributed by atoms with Gasteiger partial charge in [-0.2, -0.15) is 0 Å². The summed E-state index contributed by atoms with van der Waals surface area (Å²) >= 11 is 1.79. The first-order valence-electron chi connectivity index (χ1n) is 2.54. The molecule has 1 unspecified atom stereocenters. The third-order valence-electron chi connectivity index (χ3n) is 0.487. The fourth-order valence-corrected chi connectivity index (χ4v) is 1.29. The zero-order valence-electron chi connectivity index (χ0n) is 5.14. The third kappa shape index (κ3) is 6.31. The van der Waals surface area contributed by atoms with Crippen LogP contribution in [0.25, 0.3) is 0 Å². The van der Waals surface area contributed by atoms with Crippen molar-refractivity contribution in [3.8, 4) is 0 Å². The van der Waals surface area contributed by atoms with E-state index in [2.05, 4.69) is 13.8 Å². The smallest absolute Gasteiger partial charge is 0.0481 e. The van der Waals surface area contributed by atoms with Crippen LogP contribution in [0.1, 0.15) is 20.8 Å². The summed E-state index contributed by atoms with van der Waals surface area (Å²) < 4.78 is 0. The SMILES string of the molecule is CC(C)SC(C)N. The number of nitrogens with two attached hydrogens (primary N) is 1. The topological polar surface area (TPSA) is 26.0 Å². The molecule has 0 bridgehead atoms. The van der Waals surface area contributed by atoms with Crippen LogP contribution in [0.3, 0.4) is 0 Å². The summed E-state index contributed by atoms with van der Waals surface area (Å²) in [6, 6.07) is 0. The normalized spacial score (nSPS) is 15.0. The lowest BCUT2D eigenvalue weighted by atomic mass is 10.6. The summed E-state index contributed by atoms with van der Waals surface area (Å²) in [4.78, 5) is 0. The van der Waals surface area contributed by atoms with E-state index in [1.165, 1.54) is 0 Å². The quantitative estimate of drug-likeness (QED) is 0.556. The van der Waals surface area contributed by atoms with E-state index in [1.807, 2.05) is 6.92 Å². The summed E-state index contributed by atoms with van der Waals surface area (Å²) in [5, 5.41) is 0.958. The van der Waals surface area contributed by atoms with Crippen molar-refractivity contribution >= 4 is 11.8 Å². The van der Waals surface area contributed by atoms with Crippen molar-refractivity contribution in [2.75, 3.05) is 0 Å². The lowest BCUT2D eigenvalue weighted by Gasteiger charge is -2.05. The first-order valence-corrected chi connectivity index (χ1v) is 3.48. The molecule has 0 aliphatic carbocycles. The first-order chi connectivity index (χ1) is 3.13. The number of thioether (sulfide) groups is 1. The summed E-state index contributed by atoms with van der Waals surface area (Å²) in [5.41, 5.74) is 5.46. The van der Waals surface area contributed by atoms with Crippen LogP contribution in [0, 0.1) is 0 Å². The third-order valence-corrected chi connectivity index (χ3v) is 1.46. The number of hydrogen-bond donors (Lipinski definition) is 1. The van der Waals surface area contributed by atoms with Gasteiger partial charge < -0.3 is 5.73 Å². The Hall–Kier alpha value is 0.310. The average Bonchev–Trinajstić information content (AvgIpc) is 1.27. The van der Waals surface area contributed by atoms with Gasteiger partial charge in [0, 0.05) is 10.6 Å². The van der Waals surface area contributed by atoms with Gasteiger partial charge in [0.1, 0.15) is 0 Å². The van der Waals surface area contributed by atoms with Crippen molar-refractivity contribution in [2.45, 2.75) is 31.4 Å². The van der Waals surface area contributed by atoms with Crippen molar-refractivity contribution in [1.29, 1.82) is 0 Å². The van der Waals surface area contributed by atoms with Crippen molar-refractivity contribution in [1.82, 2.24) is 0 Å². The van der Waals surface area contributed by atoms with E-state index in [0.29, 0.717) is 10.6 Å². The molecule has 0 aromatic rings. The van der Waals surface area contributed by atoms with Crippen molar-refractivity contribution in [2.24, 2.45) is 5.73 Å². The fourth-order valence-electron chi connectivity index (χ4n) is 0.429. The molecule has 2 N–H and O–H groups in total. The Morgan fingerprint density at radius 3 is 1.71 bits per heavy atom. The molecule has 0 fully saturated rings. The summed E-state index contributed by atoms with van der Waals surface area (Å²) in [6.07, 6.45) is 0. The summed E-state index contributed by atoms with van der Waals surface area (Å²) in [7, 11) is 0. The fraction of sp³-hybridized carbons (Fsp3) is 1.00. The van der Waals surface area contributed by atoms with E-state index in [-0.39, 0.29) is 0 Å². The van der Waals surface area contributed by atoms with Gasteiger partial charge in [0.15, 0.2) is 0 Å². The molecule has 0 aliphatic rings. The predicted octanol–water partition coefficient (Wildman–Crippen LogP) is 1.43. The average molecular weight is 119 g/mol. The van der Waals surface area contributed by atoms with Gasteiger partial charge in [0.05, 0.1) is 0 Å². The second-order valence-electron chi connectivity index (χ2n) is 1.89. The minimum absolute atomic E-state index is 0.292. The van der Waals surface area contributed by atoms with Gasteiger partial charge in [0.2, 0.25) is 0 Å². The van der Waals surface area contributed by atoms with Crippen LogP contribution in [0.5, 0.6) is 0 Å². The Kier molecular flexibility index (Phi) is 3.48. The Morgan fingerprint density at radius 2 is 1.71 bits per heavy atom. The van der Waals surface area contributed by atoms with Gasteiger partial charge in [-0.3, -0.25) is 0 Å². The zero-order valence-corrected chi connectivity index (χ0v) is 5.96. The molecule has 0 aromatic carbocycles. The van der Waals surface area contributed by atoms with Gasteiger partial charge in [-0.05, 0) is 6.92 Å². The van der Waals surface area contributed by atoms with Crippen LogP contribution in [0.2, 0.25) is 0 Å². The van der Waals surface area contributed by atoms with Crippen LogP contribution in [-0.4, -0.2) is 10.6 Å². The Labute approximate surface area is 49.7 Å². The largest absolute Gasteiger partial charge is 0.320 e. The predicted molar refractivity (Wildman–Crippen MR) is 36.4 cm³/mol. The van der Waals surface area contributed by atoms with Crippen LogP contribution in [-0.2, 0) is 0 Å². The standard InChI is InChI=1S/C5H13NS/c1-4(2)7-5(3)6/h4-5H,6H2,1-3H3. The molecule has 7 heavy (non-hydrogen) atoms. The molecule has 0 amide bonds. The molecule has 0 spiro atoms. The molecule has 0 heterocycles. The first kappa shape index (κ1) is 7.31. The molecule has 0 radical (unpaired) electrons. The molecule has 0 saturated heterocycles. The highest BCUT2D eigenvalue weighted by atomic mass is 32.2. The Bertz CT molecular complexity index is 37.3. The van der Waals surface area contributed by atoms with E-state index in [1.54, 1.807) is 11.8 Å². The highest BCUT2D eigenvalue weighted by molar-refractivity contribution is 8.00. The highest BCUT2D eigenvalue weighted by Gasteiger charge is 1.95. The minimum atomic E-state index is 0.292. The highest BCUT2D eigenvalue weighted by Crippen LogP contribution is 2.11. The van der Waals surface area contributed by atoms with E-state index in [4.69, 9.17) is 5.73 Å². The van der Waals surface area contributed by atoms with E-state index in [9.17, 15) is 0 Å². The monoisotopic (exact) mass is 119 g/mol. The van der Waals surface area contributed by atoms with Crippen LogP contribution < -0.4 is 5.73 Å². The van der Waals surface area contributed by atoms with Crippen LogP contribution in [0.15, 0.2) is 0 Å². The molecule has 0 aromatic heterocycles. The Balaban J connectivity index is 2.95. The molecule has 44 valence electrons. The second-order valence-corrected chi connectivity index (χ2v) is 3.85. The molecule has 0 aliphatic heterocycles. The van der Waals surface area contributed by atoms with E-state index >= 15 is 0 Å². The molecule has 1 atom stereocenters. The number of hydrogen-bond acceptors (Lipinski definition) is 2. The van der Waals surface area contributed by atoms with Gasteiger partial charge in [-0.25, -0.2) is 0 Å². The molecule has 2 heteroatoms. The van der Waals surface area contributed by atoms with E-state index in [0.717, 1.165) is 0 Å².